The summed E-state index contributed by atoms with van der Waals surface area (Å²) in [7, 11) is -3.68. The number of fused-ring (bicyclic) bond motifs is 4. The Morgan fingerprint density at radius 3 is 2.13 bits per heavy atom. The van der Waals surface area contributed by atoms with Gasteiger partial charge in [-0.15, -0.1) is 0 Å². The third kappa shape index (κ3) is 4.18. The van der Waals surface area contributed by atoms with Crippen molar-refractivity contribution in [2.24, 2.45) is 0 Å². The Bertz CT molecular complexity index is 903. The molecule has 2 N–H and O–H groups in total. The molecule has 4 aliphatic rings. The molecule has 2 bridgehead atoms. The maximum atomic E-state index is 13.0. The number of urea groups is 1. The van der Waals surface area contributed by atoms with Gasteiger partial charge in [0.15, 0.2) is 0 Å². The Labute approximate surface area is 222 Å². The van der Waals surface area contributed by atoms with Crippen LogP contribution in [0.3, 0.4) is 0 Å². The summed E-state index contributed by atoms with van der Waals surface area (Å²) in [6.07, 6.45) is 9.63. The van der Waals surface area contributed by atoms with Crippen molar-refractivity contribution in [2.75, 3.05) is 11.9 Å². The van der Waals surface area contributed by atoms with Crippen molar-refractivity contribution in [3.05, 3.63) is 28.3 Å². The average molecular weight is 457 g/mol. The smallest absolute Gasteiger partial charge is 0.307 e. The maximum absolute atomic E-state index is 13.0. The third-order valence-electron chi connectivity index (χ3n) is 7.59. The first kappa shape index (κ1) is 23.2. The summed E-state index contributed by atoms with van der Waals surface area (Å²) in [5, 5.41) is 2.48. The molecule has 1 aromatic carbocycles. The van der Waals surface area contributed by atoms with Crippen molar-refractivity contribution in [1.82, 2.24) is 9.62 Å². The molecule has 0 saturated carbocycles. The molecule has 2 heterocycles. The minimum Gasteiger partial charge on any atom is -0.307 e. The molecular weight excluding hydrogens is 425 g/mol. The predicted octanol–water partition coefficient (Wildman–Crippen LogP) is 2.75. The number of carbonyl (C=O) groups is 1. The van der Waals surface area contributed by atoms with E-state index in [-0.39, 0.29) is 51.4 Å². The van der Waals surface area contributed by atoms with E-state index in [1.54, 1.807) is 0 Å². The number of nitrogens with one attached hydrogen (secondary N) is 2. The summed E-state index contributed by atoms with van der Waals surface area (Å²) in [4.78, 5) is 15.2. The Balaban J connectivity index is 0.00000218. The number of rotatable bonds is 4. The van der Waals surface area contributed by atoms with Gasteiger partial charge in [0, 0.05) is 69.2 Å². The molecule has 2 saturated heterocycles. The van der Waals surface area contributed by atoms with Gasteiger partial charge < -0.3 is 5.32 Å². The Kier molecular flexibility index (Phi) is 7.05. The number of benzene rings is 1. The predicted molar refractivity (Wildman–Crippen MR) is 120 cm³/mol. The Morgan fingerprint density at radius 1 is 1.03 bits per heavy atom. The van der Waals surface area contributed by atoms with Gasteiger partial charge in [0.1, 0.15) is 0 Å². The molecule has 2 unspecified atom stereocenters. The first-order valence-corrected chi connectivity index (χ1v) is 12.8. The Hall–Kier alpha value is 0.0364. The first-order chi connectivity index (χ1) is 14.0. The van der Waals surface area contributed by atoms with Gasteiger partial charge in [-0.3, -0.25) is 4.90 Å². The van der Waals surface area contributed by atoms with Gasteiger partial charge in [0.25, 0.3) is 0 Å². The number of aryl methyl sites for hydroxylation is 2. The molecule has 2 aliphatic carbocycles. The van der Waals surface area contributed by atoms with Crippen LogP contribution in [-0.2, 0) is 35.7 Å². The third-order valence-corrected chi connectivity index (χ3v) is 9.32. The zero-order chi connectivity index (χ0) is 20.2. The topological polar surface area (TPSA) is 78.5 Å². The van der Waals surface area contributed by atoms with Crippen LogP contribution in [0.25, 0.3) is 0 Å². The van der Waals surface area contributed by atoms with Crippen LogP contribution in [0.1, 0.15) is 67.7 Å². The van der Waals surface area contributed by atoms with Gasteiger partial charge >= 0.3 is 6.03 Å². The zero-order valence-corrected chi connectivity index (χ0v) is 22.1. The second kappa shape index (κ2) is 9.12. The number of piperidine rings is 1. The van der Waals surface area contributed by atoms with Crippen LogP contribution in [0.15, 0.2) is 6.07 Å². The van der Waals surface area contributed by atoms with E-state index in [0.717, 1.165) is 63.6 Å². The number of hydrogen-bond acceptors (Lipinski definition) is 4. The van der Waals surface area contributed by atoms with E-state index < -0.39 is 21.3 Å². The maximum Gasteiger partial charge on any atom is 0.332 e. The Morgan fingerprint density at radius 2 is 1.60 bits per heavy atom. The van der Waals surface area contributed by atoms with Crippen molar-refractivity contribution in [3.8, 4) is 0 Å². The second-order valence-corrected chi connectivity index (χ2v) is 11.1. The number of amides is 2. The molecule has 8 heteroatoms. The molecule has 159 valence electrons. The molecule has 1 radical (unpaired) electrons. The largest absolute Gasteiger partial charge is 0.332 e. The quantitative estimate of drug-likeness (QED) is 0.683. The molecule has 5 rings (SSSR count). The summed E-state index contributed by atoms with van der Waals surface area (Å²) in [6.45, 7) is 3.11. The van der Waals surface area contributed by atoms with Crippen molar-refractivity contribution in [1.29, 1.82) is 0 Å². The van der Waals surface area contributed by atoms with Crippen LogP contribution in [0.2, 0.25) is 0 Å². The summed E-state index contributed by atoms with van der Waals surface area (Å²) in [5.74, 6) is 0. The van der Waals surface area contributed by atoms with E-state index in [9.17, 15) is 13.2 Å². The van der Waals surface area contributed by atoms with Crippen molar-refractivity contribution in [2.45, 2.75) is 88.5 Å². The number of anilines is 1. The van der Waals surface area contributed by atoms with Crippen LogP contribution < -0.4 is 10.0 Å². The summed E-state index contributed by atoms with van der Waals surface area (Å²) < 4.78 is 28.3. The van der Waals surface area contributed by atoms with E-state index in [4.69, 9.17) is 0 Å². The molecule has 0 spiro atoms. The van der Waals surface area contributed by atoms with Gasteiger partial charge in [-0.2, -0.15) is 0 Å². The molecule has 0 aromatic heterocycles. The molecule has 2 atom stereocenters. The van der Waals surface area contributed by atoms with E-state index in [2.05, 4.69) is 27.9 Å². The fourth-order valence-electron chi connectivity index (χ4n) is 6.31. The van der Waals surface area contributed by atoms with Crippen molar-refractivity contribution < 1.29 is 13.2 Å². The van der Waals surface area contributed by atoms with Crippen molar-refractivity contribution >= 4 is 73.1 Å². The average Bonchev–Trinajstić information content (AvgIpc) is 3.38. The van der Waals surface area contributed by atoms with E-state index in [1.165, 1.54) is 22.3 Å². The molecule has 6 nitrogen and oxygen atoms in total. The monoisotopic (exact) mass is 456 g/mol. The van der Waals surface area contributed by atoms with Gasteiger partial charge in [0.2, 0.25) is 10.0 Å². The van der Waals surface area contributed by atoms with Gasteiger partial charge in [-0.1, -0.05) is 13.0 Å². The summed E-state index contributed by atoms with van der Waals surface area (Å²) >= 11 is 0. The van der Waals surface area contributed by atoms with Crippen LogP contribution in [0.4, 0.5) is 10.5 Å². The van der Waals surface area contributed by atoms with Gasteiger partial charge in [-0.05, 0) is 93.0 Å². The second-order valence-electron chi connectivity index (χ2n) is 9.14. The normalized spacial score (nSPS) is 27.3. The SMILES string of the molecule is CCN1C2CCC1CC(S(=O)(=O)NC(=O)Nc1c3c(cc4c1CCC4)CCC3)C2.[K]. The number of carbonyl (C=O) groups excluding carboxylic acids is 1. The molecule has 2 aliphatic heterocycles. The van der Waals surface area contributed by atoms with Gasteiger partial charge in [-0.25, -0.2) is 17.9 Å². The minimum atomic E-state index is -3.68. The molecule has 2 amide bonds. The molecular formula is C22H31KN3O3S. The van der Waals surface area contributed by atoms with Gasteiger partial charge in [0.05, 0.1) is 5.25 Å². The number of sulfonamides is 1. The number of hydrogen-bond donors (Lipinski definition) is 2. The van der Waals surface area contributed by atoms with Crippen LogP contribution in [0.5, 0.6) is 0 Å². The fourth-order valence-corrected chi connectivity index (χ4v) is 7.74. The van der Waals surface area contributed by atoms with E-state index in [0.29, 0.717) is 24.9 Å². The molecule has 1 aromatic rings. The zero-order valence-electron chi connectivity index (χ0n) is 18.2. The standard InChI is InChI=1S/C22H31N3O3S.K/c1-2-25-16-9-10-17(25)13-18(12-16)29(27,28)24-22(26)23-21-19-7-3-5-14(19)11-15-6-4-8-20(15)21;/h11,16-18H,2-10,12-13H2,1H3,(H2,23,24,26);. The van der Waals surface area contributed by atoms with Crippen LogP contribution in [0, 0.1) is 0 Å². The summed E-state index contributed by atoms with van der Waals surface area (Å²) in [5.41, 5.74) is 5.97. The van der Waals surface area contributed by atoms with E-state index in [1.807, 2.05) is 0 Å². The number of nitrogens with zero attached hydrogens (tertiary/aromatic N) is 1. The first-order valence-electron chi connectivity index (χ1n) is 11.2. The molecule has 30 heavy (non-hydrogen) atoms. The van der Waals surface area contributed by atoms with Crippen LogP contribution >= 0.6 is 0 Å². The summed E-state index contributed by atoms with van der Waals surface area (Å²) in [6, 6.07) is 2.39. The van der Waals surface area contributed by atoms with Crippen molar-refractivity contribution in [3.63, 3.8) is 0 Å². The van der Waals surface area contributed by atoms with Crippen LogP contribution in [-0.4, -0.2) is 94.6 Å². The fraction of sp³-hybridized carbons (Fsp3) is 0.682. The minimum absolute atomic E-state index is 0. The molecule has 2 fully saturated rings. The van der Waals surface area contributed by atoms with E-state index >= 15 is 0 Å².